The van der Waals surface area contributed by atoms with Crippen molar-refractivity contribution in [2.24, 2.45) is 5.92 Å². The molecule has 0 aromatic heterocycles. The van der Waals surface area contributed by atoms with Gasteiger partial charge in [-0.2, -0.15) is 0 Å². The fourth-order valence-electron chi connectivity index (χ4n) is 3.27. The molecule has 2 aromatic carbocycles. The quantitative estimate of drug-likeness (QED) is 0.772. The van der Waals surface area contributed by atoms with Gasteiger partial charge in [0.05, 0.1) is 23.8 Å². The fraction of sp³-hybridized carbons (Fsp3) is 0.350. The van der Waals surface area contributed by atoms with Crippen molar-refractivity contribution in [3.63, 3.8) is 0 Å². The van der Waals surface area contributed by atoms with Crippen LogP contribution in [0.2, 0.25) is 5.02 Å². The lowest BCUT2D eigenvalue weighted by Crippen LogP contribution is -2.44. The zero-order valence-corrected chi connectivity index (χ0v) is 17.2. The first-order valence-electron chi connectivity index (χ1n) is 9.05. The average molecular weight is 423 g/mol. The summed E-state index contributed by atoms with van der Waals surface area (Å²) in [5.41, 5.74) is 1.29. The third kappa shape index (κ3) is 5.04. The van der Waals surface area contributed by atoms with Gasteiger partial charge in [-0.05, 0) is 36.6 Å². The van der Waals surface area contributed by atoms with E-state index in [1.54, 1.807) is 30.3 Å². The van der Waals surface area contributed by atoms with Gasteiger partial charge in [0.15, 0.2) is 0 Å². The largest absolute Gasteiger partial charge is 0.495 e. The number of rotatable bonds is 6. The molecule has 28 heavy (non-hydrogen) atoms. The highest BCUT2D eigenvalue weighted by Crippen LogP contribution is 2.28. The predicted octanol–water partition coefficient (Wildman–Crippen LogP) is 3.53. The number of benzene rings is 2. The van der Waals surface area contributed by atoms with Gasteiger partial charge in [0.25, 0.3) is 0 Å². The molecule has 1 saturated heterocycles. The molecule has 1 amide bonds. The smallest absolute Gasteiger partial charge is 0.228 e. The maximum absolute atomic E-state index is 12.8. The molecule has 1 unspecified atom stereocenters. The molecular weight excluding hydrogens is 400 g/mol. The van der Waals surface area contributed by atoms with Crippen LogP contribution in [0.25, 0.3) is 0 Å². The van der Waals surface area contributed by atoms with Gasteiger partial charge in [0, 0.05) is 18.8 Å². The summed E-state index contributed by atoms with van der Waals surface area (Å²) in [5, 5.41) is 3.22. The van der Waals surface area contributed by atoms with E-state index in [1.807, 2.05) is 18.2 Å². The van der Waals surface area contributed by atoms with Gasteiger partial charge in [-0.1, -0.05) is 41.9 Å². The third-order valence-electron chi connectivity index (χ3n) is 4.76. The van der Waals surface area contributed by atoms with E-state index in [-0.39, 0.29) is 18.2 Å². The Hall–Kier alpha value is -2.09. The van der Waals surface area contributed by atoms with Crippen molar-refractivity contribution in [2.45, 2.75) is 18.6 Å². The summed E-state index contributed by atoms with van der Waals surface area (Å²) in [5.74, 6) is -0.146. The number of hydrogen-bond donors (Lipinski definition) is 1. The van der Waals surface area contributed by atoms with Crippen LogP contribution in [0.4, 0.5) is 5.69 Å². The van der Waals surface area contributed by atoms with Gasteiger partial charge >= 0.3 is 0 Å². The van der Waals surface area contributed by atoms with Gasteiger partial charge in [0.1, 0.15) is 5.75 Å². The van der Waals surface area contributed by atoms with E-state index in [2.05, 4.69) is 5.32 Å². The molecule has 2 aromatic rings. The van der Waals surface area contributed by atoms with Crippen LogP contribution in [0.5, 0.6) is 5.75 Å². The second-order valence-electron chi connectivity index (χ2n) is 6.78. The van der Waals surface area contributed by atoms with Gasteiger partial charge in [-0.3, -0.25) is 4.79 Å². The molecule has 1 aliphatic rings. The first kappa shape index (κ1) is 20.6. The van der Waals surface area contributed by atoms with E-state index in [0.29, 0.717) is 35.8 Å². The van der Waals surface area contributed by atoms with E-state index in [4.69, 9.17) is 16.3 Å². The number of anilines is 1. The Bertz CT molecular complexity index is 934. The Morgan fingerprint density at radius 1 is 1.25 bits per heavy atom. The molecule has 1 aliphatic heterocycles. The molecule has 1 heterocycles. The number of nitrogens with zero attached hydrogens (tertiary/aromatic N) is 1. The molecule has 0 aliphatic carbocycles. The number of amides is 1. The maximum Gasteiger partial charge on any atom is 0.228 e. The number of sulfonamides is 1. The molecule has 0 spiro atoms. The lowest BCUT2D eigenvalue weighted by atomic mass is 9.98. The molecule has 8 heteroatoms. The minimum atomic E-state index is -3.48. The fourth-order valence-corrected chi connectivity index (χ4v) is 5.14. The average Bonchev–Trinajstić information content (AvgIpc) is 2.69. The van der Waals surface area contributed by atoms with Crippen LogP contribution in [-0.2, 0) is 20.6 Å². The number of nitrogens with one attached hydrogen (secondary N) is 1. The summed E-state index contributed by atoms with van der Waals surface area (Å²) in [6.07, 6.45) is 1.29. The minimum Gasteiger partial charge on any atom is -0.495 e. The minimum absolute atomic E-state index is 0.0593. The molecule has 0 saturated carbocycles. The van der Waals surface area contributed by atoms with Gasteiger partial charge in [-0.25, -0.2) is 12.7 Å². The van der Waals surface area contributed by atoms with Crippen LogP contribution in [0, 0.1) is 5.92 Å². The highest BCUT2D eigenvalue weighted by Gasteiger charge is 2.32. The monoisotopic (exact) mass is 422 g/mol. The Kier molecular flexibility index (Phi) is 6.59. The van der Waals surface area contributed by atoms with Crippen molar-refractivity contribution >= 4 is 33.2 Å². The summed E-state index contributed by atoms with van der Waals surface area (Å²) in [7, 11) is -1.96. The zero-order valence-electron chi connectivity index (χ0n) is 15.6. The Balaban J connectivity index is 1.65. The predicted molar refractivity (Wildman–Crippen MR) is 110 cm³/mol. The Labute approximate surface area is 170 Å². The second-order valence-corrected chi connectivity index (χ2v) is 9.15. The van der Waals surface area contributed by atoms with E-state index >= 15 is 0 Å². The normalized spacial score (nSPS) is 17.9. The highest BCUT2D eigenvalue weighted by molar-refractivity contribution is 7.88. The van der Waals surface area contributed by atoms with Crippen molar-refractivity contribution in [1.82, 2.24) is 4.31 Å². The summed E-state index contributed by atoms with van der Waals surface area (Å²) in [4.78, 5) is 12.7. The molecule has 6 nitrogen and oxygen atoms in total. The van der Waals surface area contributed by atoms with Crippen LogP contribution in [0.1, 0.15) is 18.4 Å². The molecule has 1 fully saturated rings. The molecule has 0 bridgehead atoms. The lowest BCUT2D eigenvalue weighted by molar-refractivity contribution is -0.120. The van der Waals surface area contributed by atoms with Crippen LogP contribution in [0.3, 0.4) is 0 Å². The number of methoxy groups -OCH3 is 1. The number of halogens is 1. The number of hydrogen-bond acceptors (Lipinski definition) is 4. The Morgan fingerprint density at radius 2 is 2.00 bits per heavy atom. The van der Waals surface area contributed by atoms with Crippen molar-refractivity contribution in [1.29, 1.82) is 0 Å². The molecule has 1 N–H and O–H groups in total. The van der Waals surface area contributed by atoms with Crippen molar-refractivity contribution in [3.05, 3.63) is 59.1 Å². The summed E-state index contributed by atoms with van der Waals surface area (Å²) in [6.45, 7) is 0.623. The van der Waals surface area contributed by atoms with Gasteiger partial charge in [0.2, 0.25) is 15.9 Å². The molecule has 150 valence electrons. The summed E-state index contributed by atoms with van der Waals surface area (Å²) >= 11 is 6.09. The van der Waals surface area contributed by atoms with E-state index in [9.17, 15) is 13.2 Å². The van der Waals surface area contributed by atoms with E-state index in [0.717, 1.165) is 5.56 Å². The standard InChI is InChI=1S/C20H23ClN2O4S/c1-27-19-10-9-17(12-18(19)21)22-20(24)16-8-5-11-23(13-16)28(25,26)14-15-6-3-2-4-7-15/h2-4,6-7,9-10,12,16H,5,8,11,13-14H2,1H3,(H,22,24). The maximum atomic E-state index is 12.8. The summed E-state index contributed by atoms with van der Waals surface area (Å²) in [6, 6.07) is 14.1. The van der Waals surface area contributed by atoms with Crippen LogP contribution >= 0.6 is 11.6 Å². The Morgan fingerprint density at radius 3 is 2.68 bits per heavy atom. The topological polar surface area (TPSA) is 75.7 Å². The van der Waals surface area contributed by atoms with E-state index < -0.39 is 15.9 Å². The summed E-state index contributed by atoms with van der Waals surface area (Å²) < 4.78 is 32.0. The molecule has 3 rings (SSSR count). The lowest BCUT2D eigenvalue weighted by Gasteiger charge is -2.31. The van der Waals surface area contributed by atoms with E-state index in [1.165, 1.54) is 11.4 Å². The number of carbonyl (C=O) groups is 1. The molecule has 1 atom stereocenters. The van der Waals surface area contributed by atoms with Crippen molar-refractivity contribution in [3.8, 4) is 5.75 Å². The SMILES string of the molecule is COc1ccc(NC(=O)C2CCCN(S(=O)(=O)Cc3ccccc3)C2)cc1Cl. The van der Waals surface area contributed by atoms with Gasteiger partial charge in [-0.15, -0.1) is 0 Å². The van der Waals surface area contributed by atoms with Crippen molar-refractivity contribution in [2.75, 3.05) is 25.5 Å². The van der Waals surface area contributed by atoms with Crippen LogP contribution < -0.4 is 10.1 Å². The molecular formula is C20H23ClN2O4S. The van der Waals surface area contributed by atoms with Crippen LogP contribution in [-0.4, -0.2) is 38.8 Å². The van der Waals surface area contributed by atoms with Crippen molar-refractivity contribution < 1.29 is 17.9 Å². The first-order chi connectivity index (χ1) is 13.4. The number of ether oxygens (including phenoxy) is 1. The molecule has 0 radical (unpaired) electrons. The number of piperidine rings is 1. The van der Waals surface area contributed by atoms with Gasteiger partial charge < -0.3 is 10.1 Å². The number of carbonyl (C=O) groups excluding carboxylic acids is 1. The first-order valence-corrected chi connectivity index (χ1v) is 11.0. The highest BCUT2D eigenvalue weighted by atomic mass is 35.5. The zero-order chi connectivity index (χ0) is 20.1. The third-order valence-corrected chi connectivity index (χ3v) is 6.87. The van der Waals surface area contributed by atoms with Crippen LogP contribution in [0.15, 0.2) is 48.5 Å². The second kappa shape index (κ2) is 8.94.